The number of nitrogens with one attached hydrogen (secondary N) is 2. The molecule has 0 aliphatic heterocycles. The Morgan fingerprint density at radius 1 is 0.967 bits per heavy atom. The van der Waals surface area contributed by atoms with Crippen molar-refractivity contribution < 1.29 is 19.0 Å². The van der Waals surface area contributed by atoms with Gasteiger partial charge < -0.3 is 24.8 Å². The van der Waals surface area contributed by atoms with Crippen LogP contribution in [0.1, 0.15) is 12.6 Å². The molecule has 2 aromatic carbocycles. The second-order valence-corrected chi connectivity index (χ2v) is 6.56. The molecule has 0 saturated carbocycles. The van der Waals surface area contributed by atoms with Crippen LogP contribution in [0.5, 0.6) is 17.2 Å². The molecule has 1 unspecified atom stereocenters. The highest BCUT2D eigenvalue weighted by atomic mass is 16.5. The first kappa shape index (κ1) is 21.0. The van der Waals surface area contributed by atoms with Crippen molar-refractivity contribution in [2.75, 3.05) is 24.9 Å². The molecule has 7 heteroatoms. The number of pyridine rings is 1. The Hall–Kier alpha value is -3.74. The Morgan fingerprint density at radius 2 is 1.80 bits per heavy atom. The van der Waals surface area contributed by atoms with Crippen molar-refractivity contribution in [2.45, 2.75) is 19.6 Å². The molecule has 2 N–H and O–H groups in total. The number of amides is 1. The molecule has 0 radical (unpaired) electrons. The van der Waals surface area contributed by atoms with Crippen LogP contribution in [0.2, 0.25) is 0 Å². The first-order chi connectivity index (χ1) is 14.6. The summed E-state index contributed by atoms with van der Waals surface area (Å²) in [7, 11) is 3.12. The number of rotatable bonds is 9. The fourth-order valence-corrected chi connectivity index (χ4v) is 2.80. The molecule has 0 aliphatic carbocycles. The number of nitrogens with zero attached hydrogens (tertiary/aromatic N) is 1. The molecule has 7 nitrogen and oxygen atoms in total. The molecule has 156 valence electrons. The lowest BCUT2D eigenvalue weighted by Gasteiger charge is -2.17. The predicted octanol–water partition coefficient (Wildman–Crippen LogP) is 4.12. The topological polar surface area (TPSA) is 81.7 Å². The highest BCUT2D eigenvalue weighted by molar-refractivity contribution is 5.96. The fraction of sp³-hybridized carbons (Fsp3) is 0.217. The van der Waals surface area contributed by atoms with Crippen molar-refractivity contribution in [2.24, 2.45) is 0 Å². The number of hydrogen-bond acceptors (Lipinski definition) is 6. The zero-order valence-electron chi connectivity index (χ0n) is 17.2. The van der Waals surface area contributed by atoms with Gasteiger partial charge >= 0.3 is 0 Å². The molecule has 3 aromatic rings. The van der Waals surface area contributed by atoms with Crippen LogP contribution in [0.25, 0.3) is 0 Å². The molecule has 1 atom stereocenters. The van der Waals surface area contributed by atoms with E-state index in [1.165, 1.54) is 0 Å². The number of aromatic nitrogens is 1. The summed E-state index contributed by atoms with van der Waals surface area (Å²) in [4.78, 5) is 16.8. The molecule has 0 fully saturated rings. The van der Waals surface area contributed by atoms with E-state index in [0.717, 1.165) is 11.4 Å². The number of benzene rings is 2. The third-order valence-electron chi connectivity index (χ3n) is 4.37. The summed E-state index contributed by atoms with van der Waals surface area (Å²) in [5.41, 5.74) is 2.25. The second kappa shape index (κ2) is 10.2. The normalized spacial score (nSPS) is 11.3. The molecule has 0 bridgehead atoms. The Balaban J connectivity index is 1.58. The van der Waals surface area contributed by atoms with Crippen molar-refractivity contribution in [1.29, 1.82) is 0 Å². The summed E-state index contributed by atoms with van der Waals surface area (Å²) < 4.78 is 16.3. The molecule has 30 heavy (non-hydrogen) atoms. The smallest absolute Gasteiger partial charge is 0.246 e. The van der Waals surface area contributed by atoms with Crippen LogP contribution < -0.4 is 24.8 Å². The maximum absolute atomic E-state index is 12.6. The van der Waals surface area contributed by atoms with Gasteiger partial charge in [0.2, 0.25) is 5.91 Å². The Kier molecular flexibility index (Phi) is 7.10. The lowest BCUT2D eigenvalue weighted by Crippen LogP contribution is -2.31. The average molecular weight is 407 g/mol. The number of methoxy groups -OCH3 is 2. The maximum Gasteiger partial charge on any atom is 0.246 e. The van der Waals surface area contributed by atoms with E-state index in [9.17, 15) is 4.79 Å². The quantitative estimate of drug-likeness (QED) is 0.555. The Bertz CT molecular complexity index is 979. The van der Waals surface area contributed by atoms with Crippen LogP contribution in [-0.4, -0.2) is 31.2 Å². The van der Waals surface area contributed by atoms with Crippen molar-refractivity contribution in [3.63, 3.8) is 0 Å². The van der Waals surface area contributed by atoms with Crippen molar-refractivity contribution >= 4 is 17.3 Å². The predicted molar refractivity (Wildman–Crippen MR) is 116 cm³/mol. The van der Waals surface area contributed by atoms with E-state index in [1.54, 1.807) is 45.5 Å². The summed E-state index contributed by atoms with van der Waals surface area (Å²) in [5.74, 6) is 1.66. The van der Waals surface area contributed by atoms with Crippen molar-refractivity contribution in [3.05, 3.63) is 72.6 Å². The largest absolute Gasteiger partial charge is 0.493 e. The van der Waals surface area contributed by atoms with Crippen LogP contribution >= 0.6 is 0 Å². The highest BCUT2D eigenvalue weighted by Gasteiger charge is 2.14. The Labute approximate surface area is 176 Å². The summed E-state index contributed by atoms with van der Waals surface area (Å²) in [5, 5.41) is 6.06. The lowest BCUT2D eigenvalue weighted by molar-refractivity contribution is -0.116. The van der Waals surface area contributed by atoms with Gasteiger partial charge in [-0.15, -0.1) is 0 Å². The van der Waals surface area contributed by atoms with E-state index in [4.69, 9.17) is 14.2 Å². The van der Waals surface area contributed by atoms with Gasteiger partial charge in [-0.3, -0.25) is 9.78 Å². The molecule has 3 rings (SSSR count). The summed E-state index contributed by atoms with van der Waals surface area (Å²) in [6.07, 6.45) is 1.73. The maximum atomic E-state index is 12.6. The molecular weight excluding hydrogens is 382 g/mol. The summed E-state index contributed by atoms with van der Waals surface area (Å²) in [6, 6.07) is 17.9. The van der Waals surface area contributed by atoms with Gasteiger partial charge in [0.1, 0.15) is 18.4 Å². The first-order valence-corrected chi connectivity index (χ1v) is 9.51. The van der Waals surface area contributed by atoms with Gasteiger partial charge in [-0.25, -0.2) is 0 Å². The van der Waals surface area contributed by atoms with Crippen LogP contribution in [-0.2, 0) is 11.4 Å². The molecule has 1 aromatic heterocycles. The van der Waals surface area contributed by atoms with Crippen LogP contribution in [0.3, 0.4) is 0 Å². The van der Waals surface area contributed by atoms with Crippen LogP contribution in [0.4, 0.5) is 11.4 Å². The van der Waals surface area contributed by atoms with Crippen molar-refractivity contribution in [3.8, 4) is 17.2 Å². The monoisotopic (exact) mass is 407 g/mol. The van der Waals surface area contributed by atoms with E-state index in [0.29, 0.717) is 29.5 Å². The fourth-order valence-electron chi connectivity index (χ4n) is 2.80. The molecule has 0 aliphatic rings. The van der Waals surface area contributed by atoms with Gasteiger partial charge in [-0.1, -0.05) is 12.1 Å². The summed E-state index contributed by atoms with van der Waals surface area (Å²) in [6.45, 7) is 2.16. The number of carbonyl (C=O) groups excluding carboxylic acids is 1. The van der Waals surface area contributed by atoms with Gasteiger partial charge in [0.15, 0.2) is 11.5 Å². The number of anilines is 2. The van der Waals surface area contributed by atoms with Gasteiger partial charge in [0, 0.05) is 29.7 Å². The highest BCUT2D eigenvalue weighted by Crippen LogP contribution is 2.29. The summed E-state index contributed by atoms with van der Waals surface area (Å²) >= 11 is 0. The average Bonchev–Trinajstić information content (AvgIpc) is 2.78. The minimum Gasteiger partial charge on any atom is -0.493 e. The molecular formula is C23H25N3O4. The SMILES string of the molecule is COc1ccc(NC(=O)C(C)Nc2cccc(OCc3ccccn3)c2)cc1OC. The standard InChI is InChI=1S/C23H25N3O4/c1-16(23(27)26-18-10-11-21(28-2)22(14-18)29-3)25-17-8-6-9-20(13-17)30-15-19-7-4-5-12-24-19/h4-14,16,25H,15H2,1-3H3,(H,26,27). The van der Waals surface area contributed by atoms with E-state index in [-0.39, 0.29) is 5.91 Å². The van der Waals surface area contributed by atoms with Crippen molar-refractivity contribution in [1.82, 2.24) is 4.98 Å². The van der Waals surface area contributed by atoms with Gasteiger partial charge in [-0.05, 0) is 43.3 Å². The Morgan fingerprint density at radius 3 is 2.53 bits per heavy atom. The van der Waals surface area contributed by atoms with E-state index < -0.39 is 6.04 Å². The number of carbonyl (C=O) groups is 1. The first-order valence-electron chi connectivity index (χ1n) is 9.51. The third-order valence-corrected chi connectivity index (χ3v) is 4.37. The molecule has 0 spiro atoms. The third kappa shape index (κ3) is 5.64. The van der Waals surface area contributed by atoms with Gasteiger partial charge in [0.25, 0.3) is 0 Å². The van der Waals surface area contributed by atoms with Crippen LogP contribution in [0, 0.1) is 0 Å². The molecule has 1 amide bonds. The van der Waals surface area contributed by atoms with Gasteiger partial charge in [0.05, 0.1) is 19.9 Å². The number of ether oxygens (including phenoxy) is 3. The molecule has 1 heterocycles. The second-order valence-electron chi connectivity index (χ2n) is 6.56. The van der Waals surface area contributed by atoms with E-state index >= 15 is 0 Å². The van der Waals surface area contributed by atoms with Crippen LogP contribution in [0.15, 0.2) is 66.9 Å². The van der Waals surface area contributed by atoms with E-state index in [2.05, 4.69) is 15.6 Å². The minimum atomic E-state index is -0.468. The zero-order chi connectivity index (χ0) is 21.3. The minimum absolute atomic E-state index is 0.179. The van der Waals surface area contributed by atoms with E-state index in [1.807, 2.05) is 42.5 Å². The number of hydrogen-bond donors (Lipinski definition) is 2. The lowest BCUT2D eigenvalue weighted by atomic mass is 10.2. The zero-order valence-corrected chi connectivity index (χ0v) is 17.2. The molecule has 0 saturated heterocycles. The van der Waals surface area contributed by atoms with Gasteiger partial charge in [-0.2, -0.15) is 0 Å².